The van der Waals surface area contributed by atoms with Gasteiger partial charge in [0.15, 0.2) is 0 Å². The highest BCUT2D eigenvalue weighted by Crippen LogP contribution is 2.24. The van der Waals surface area contributed by atoms with Gasteiger partial charge in [0.1, 0.15) is 6.07 Å². The van der Waals surface area contributed by atoms with Gasteiger partial charge in [-0.05, 0) is 35.2 Å². The molecule has 1 fully saturated rings. The molecule has 1 heterocycles. The van der Waals surface area contributed by atoms with Crippen LogP contribution in [0.5, 0.6) is 0 Å². The number of carbonyl (C=O) groups excluding carboxylic acids is 1. The Kier molecular flexibility index (Phi) is 4.99. The lowest BCUT2D eigenvalue weighted by Crippen LogP contribution is -2.49. The van der Waals surface area contributed by atoms with Crippen molar-refractivity contribution in [2.75, 3.05) is 31.1 Å². The van der Waals surface area contributed by atoms with E-state index >= 15 is 0 Å². The number of hydrogen-bond acceptors (Lipinski definition) is 3. The predicted molar refractivity (Wildman–Crippen MR) is 104 cm³/mol. The summed E-state index contributed by atoms with van der Waals surface area (Å²) in [6.45, 7) is 9.32. The van der Waals surface area contributed by atoms with Gasteiger partial charge < -0.3 is 9.80 Å². The summed E-state index contributed by atoms with van der Waals surface area (Å²) in [5, 5.41) is 9.28. The highest BCUT2D eigenvalue weighted by Gasteiger charge is 2.24. The molecule has 2 aromatic carbocycles. The molecule has 1 aliphatic heterocycles. The van der Waals surface area contributed by atoms with E-state index in [4.69, 9.17) is 0 Å². The van der Waals surface area contributed by atoms with Gasteiger partial charge in [0.25, 0.3) is 5.91 Å². The minimum Gasteiger partial charge on any atom is -0.367 e. The van der Waals surface area contributed by atoms with E-state index in [0.717, 1.165) is 24.3 Å². The van der Waals surface area contributed by atoms with Gasteiger partial charge in [0, 0.05) is 31.7 Å². The number of anilines is 1. The van der Waals surface area contributed by atoms with Crippen molar-refractivity contribution in [2.45, 2.75) is 26.2 Å². The molecule has 0 aromatic heterocycles. The molecule has 0 N–H and O–H groups in total. The fraction of sp³-hybridized carbons (Fsp3) is 0.364. The third-order valence-corrected chi connectivity index (χ3v) is 4.93. The zero-order chi connectivity index (χ0) is 18.7. The normalized spacial score (nSPS) is 14.8. The number of rotatable bonds is 2. The van der Waals surface area contributed by atoms with Crippen molar-refractivity contribution in [3.63, 3.8) is 0 Å². The number of hydrogen-bond donors (Lipinski definition) is 0. The maximum atomic E-state index is 12.8. The predicted octanol–water partition coefficient (Wildman–Crippen LogP) is 3.82. The molecule has 4 nitrogen and oxygen atoms in total. The van der Waals surface area contributed by atoms with Gasteiger partial charge in [-0.2, -0.15) is 5.26 Å². The SMILES string of the molecule is CC(C)(C)c1ccc(C(=O)N2CCN(c3ccccc3C#N)CC2)cc1. The highest BCUT2D eigenvalue weighted by atomic mass is 16.2. The van der Waals surface area contributed by atoms with Crippen molar-refractivity contribution in [1.29, 1.82) is 5.26 Å². The van der Waals surface area contributed by atoms with Crippen LogP contribution in [0.25, 0.3) is 0 Å². The molecule has 0 spiro atoms. The van der Waals surface area contributed by atoms with Gasteiger partial charge >= 0.3 is 0 Å². The Balaban J connectivity index is 1.66. The third-order valence-electron chi connectivity index (χ3n) is 4.93. The molecule has 2 aromatic rings. The summed E-state index contributed by atoms with van der Waals surface area (Å²) < 4.78 is 0. The molecule has 0 saturated carbocycles. The zero-order valence-electron chi connectivity index (χ0n) is 15.7. The van der Waals surface area contributed by atoms with E-state index in [0.29, 0.717) is 18.7 Å². The molecule has 1 saturated heterocycles. The minimum atomic E-state index is 0.0821. The van der Waals surface area contributed by atoms with Gasteiger partial charge in [-0.25, -0.2) is 0 Å². The van der Waals surface area contributed by atoms with Gasteiger partial charge in [-0.15, -0.1) is 0 Å². The summed E-state index contributed by atoms with van der Waals surface area (Å²) in [5.41, 5.74) is 3.69. The molecule has 1 amide bonds. The molecular formula is C22H25N3O. The molecule has 26 heavy (non-hydrogen) atoms. The maximum absolute atomic E-state index is 12.8. The smallest absolute Gasteiger partial charge is 0.253 e. The first kappa shape index (κ1) is 18.0. The summed E-state index contributed by atoms with van der Waals surface area (Å²) in [4.78, 5) is 16.9. The first-order valence-electron chi connectivity index (χ1n) is 9.04. The van der Waals surface area contributed by atoms with Crippen LogP contribution in [-0.4, -0.2) is 37.0 Å². The summed E-state index contributed by atoms with van der Waals surface area (Å²) in [6, 6.07) is 17.8. The molecule has 0 atom stereocenters. The van der Waals surface area contributed by atoms with Crippen LogP contribution in [-0.2, 0) is 5.41 Å². The van der Waals surface area contributed by atoms with Crippen LogP contribution >= 0.6 is 0 Å². The fourth-order valence-corrected chi connectivity index (χ4v) is 3.29. The molecule has 0 unspecified atom stereocenters. The number of piperazine rings is 1. The Morgan fingerprint density at radius 1 is 0.962 bits per heavy atom. The van der Waals surface area contributed by atoms with Crippen molar-refractivity contribution in [2.24, 2.45) is 0 Å². The second-order valence-electron chi connectivity index (χ2n) is 7.74. The lowest BCUT2D eigenvalue weighted by Gasteiger charge is -2.36. The van der Waals surface area contributed by atoms with Gasteiger partial charge in [0.05, 0.1) is 11.3 Å². The van der Waals surface area contributed by atoms with E-state index < -0.39 is 0 Å². The van der Waals surface area contributed by atoms with E-state index in [-0.39, 0.29) is 11.3 Å². The van der Waals surface area contributed by atoms with Gasteiger partial charge in [-0.1, -0.05) is 45.0 Å². The standard InChI is InChI=1S/C22H25N3O/c1-22(2,3)19-10-8-17(9-11-19)21(26)25-14-12-24(13-15-25)20-7-5-4-6-18(20)16-23/h4-11H,12-15H2,1-3H3. The number of nitrogens with zero attached hydrogens (tertiary/aromatic N) is 3. The van der Waals surface area contributed by atoms with Crippen molar-refractivity contribution in [1.82, 2.24) is 4.90 Å². The fourth-order valence-electron chi connectivity index (χ4n) is 3.29. The van der Waals surface area contributed by atoms with E-state index in [2.05, 4.69) is 31.7 Å². The average Bonchev–Trinajstić information content (AvgIpc) is 2.67. The minimum absolute atomic E-state index is 0.0821. The molecule has 0 bridgehead atoms. The quantitative estimate of drug-likeness (QED) is 0.830. The number of nitriles is 1. The topological polar surface area (TPSA) is 47.3 Å². The van der Waals surface area contributed by atoms with Gasteiger partial charge in [0.2, 0.25) is 0 Å². The largest absolute Gasteiger partial charge is 0.367 e. The third kappa shape index (κ3) is 3.72. The maximum Gasteiger partial charge on any atom is 0.253 e. The molecular weight excluding hydrogens is 322 g/mol. The Hall–Kier alpha value is -2.80. The first-order valence-corrected chi connectivity index (χ1v) is 9.04. The van der Waals surface area contributed by atoms with Crippen LogP contribution in [0, 0.1) is 11.3 Å². The summed E-state index contributed by atoms with van der Waals surface area (Å²) in [6.07, 6.45) is 0. The van der Waals surface area contributed by atoms with Crippen LogP contribution in [0.15, 0.2) is 48.5 Å². The molecule has 134 valence electrons. The molecule has 4 heteroatoms. The number of para-hydroxylation sites is 1. The summed E-state index contributed by atoms with van der Waals surface area (Å²) in [5.74, 6) is 0.0821. The monoisotopic (exact) mass is 347 g/mol. The van der Waals surface area contributed by atoms with Crippen LogP contribution in [0.2, 0.25) is 0 Å². The highest BCUT2D eigenvalue weighted by molar-refractivity contribution is 5.94. The van der Waals surface area contributed by atoms with Gasteiger partial charge in [-0.3, -0.25) is 4.79 Å². The van der Waals surface area contributed by atoms with E-state index in [1.165, 1.54) is 5.56 Å². The van der Waals surface area contributed by atoms with Crippen molar-refractivity contribution < 1.29 is 4.79 Å². The molecule has 0 radical (unpaired) electrons. The first-order chi connectivity index (χ1) is 12.4. The van der Waals surface area contributed by atoms with Crippen LogP contribution in [0.1, 0.15) is 42.3 Å². The number of amides is 1. The van der Waals surface area contributed by atoms with E-state index in [9.17, 15) is 10.1 Å². The molecule has 0 aliphatic carbocycles. The average molecular weight is 347 g/mol. The lowest BCUT2D eigenvalue weighted by molar-refractivity contribution is 0.0746. The summed E-state index contributed by atoms with van der Waals surface area (Å²) >= 11 is 0. The van der Waals surface area contributed by atoms with Crippen LogP contribution in [0.4, 0.5) is 5.69 Å². The Morgan fingerprint density at radius 2 is 1.58 bits per heavy atom. The number of benzene rings is 2. The Bertz CT molecular complexity index is 820. The van der Waals surface area contributed by atoms with E-state index in [1.54, 1.807) is 0 Å². The van der Waals surface area contributed by atoms with Crippen LogP contribution < -0.4 is 4.90 Å². The van der Waals surface area contributed by atoms with Crippen LogP contribution in [0.3, 0.4) is 0 Å². The zero-order valence-corrected chi connectivity index (χ0v) is 15.7. The van der Waals surface area contributed by atoms with E-state index in [1.807, 2.05) is 53.4 Å². The lowest BCUT2D eigenvalue weighted by atomic mass is 9.86. The second kappa shape index (κ2) is 7.21. The Morgan fingerprint density at radius 3 is 2.15 bits per heavy atom. The van der Waals surface area contributed by atoms with Crippen molar-refractivity contribution in [3.8, 4) is 6.07 Å². The summed E-state index contributed by atoms with van der Waals surface area (Å²) in [7, 11) is 0. The molecule has 3 rings (SSSR count). The molecule has 1 aliphatic rings. The number of carbonyl (C=O) groups is 1. The van der Waals surface area contributed by atoms with Crippen molar-refractivity contribution >= 4 is 11.6 Å². The Labute approximate surface area is 155 Å². The van der Waals surface area contributed by atoms with Crippen molar-refractivity contribution in [3.05, 3.63) is 65.2 Å². The second-order valence-corrected chi connectivity index (χ2v) is 7.74.